The molecule has 6 rings (SSSR count). The van der Waals surface area contributed by atoms with Gasteiger partial charge in [-0.3, -0.25) is 14.2 Å². The van der Waals surface area contributed by atoms with Crippen LogP contribution in [0.2, 0.25) is 0 Å². The van der Waals surface area contributed by atoms with E-state index in [2.05, 4.69) is 49.1 Å². The number of hydrogen-bond donors (Lipinski definition) is 3. The average molecular weight is 523 g/mol. The van der Waals surface area contributed by atoms with Gasteiger partial charge in [0.05, 0.1) is 5.56 Å². The van der Waals surface area contributed by atoms with Crippen molar-refractivity contribution in [2.75, 3.05) is 23.4 Å². The Morgan fingerprint density at radius 3 is 2.83 bits per heavy atom. The molecule has 0 saturated heterocycles. The molecule has 8 nitrogen and oxygen atoms in total. The molecule has 188 valence electrons. The van der Waals surface area contributed by atoms with Crippen molar-refractivity contribution in [1.29, 1.82) is 0 Å². The summed E-state index contributed by atoms with van der Waals surface area (Å²) in [7, 11) is 0. The fraction of sp³-hybridized carbons (Fsp3) is 0.462. The molecule has 0 aliphatic heterocycles. The van der Waals surface area contributed by atoms with E-state index in [1.165, 1.54) is 22.6 Å². The van der Waals surface area contributed by atoms with E-state index in [9.17, 15) is 9.59 Å². The van der Waals surface area contributed by atoms with Crippen LogP contribution in [0.4, 0.5) is 16.6 Å². The van der Waals surface area contributed by atoms with Gasteiger partial charge in [0.25, 0.3) is 5.91 Å². The monoisotopic (exact) mass is 522 g/mol. The Balaban J connectivity index is 1.26. The molecule has 0 radical (unpaired) electrons. The molecule has 3 aliphatic carbocycles. The Hall–Kier alpha value is -2.85. The van der Waals surface area contributed by atoms with E-state index < -0.39 is 0 Å². The second-order valence-electron chi connectivity index (χ2n) is 9.94. The van der Waals surface area contributed by atoms with Gasteiger partial charge in [-0.25, -0.2) is 0 Å². The van der Waals surface area contributed by atoms with E-state index in [0.29, 0.717) is 35.4 Å². The molecule has 1 aromatic carbocycles. The zero-order valence-corrected chi connectivity index (χ0v) is 21.9. The van der Waals surface area contributed by atoms with Crippen molar-refractivity contribution in [3.05, 3.63) is 46.6 Å². The Kier molecular flexibility index (Phi) is 6.47. The highest BCUT2D eigenvalue weighted by Crippen LogP contribution is 2.43. The van der Waals surface area contributed by atoms with E-state index in [-0.39, 0.29) is 23.8 Å². The third-order valence-corrected chi connectivity index (χ3v) is 9.12. The lowest BCUT2D eigenvalue weighted by Gasteiger charge is -2.25. The number of aryl methyl sites for hydroxylation is 1. The third-order valence-electron chi connectivity index (χ3n) is 7.19. The molecular weight excluding hydrogens is 492 g/mol. The van der Waals surface area contributed by atoms with Crippen LogP contribution in [0.25, 0.3) is 0 Å². The molecule has 2 fully saturated rings. The highest BCUT2D eigenvalue weighted by atomic mass is 32.2. The minimum atomic E-state index is -0.0675. The lowest BCUT2D eigenvalue weighted by atomic mass is 9.91. The summed E-state index contributed by atoms with van der Waals surface area (Å²) in [5.74, 6) is 1.35. The molecule has 0 bridgehead atoms. The number of nitrogens with one attached hydrogen (secondary N) is 3. The van der Waals surface area contributed by atoms with Gasteiger partial charge >= 0.3 is 0 Å². The van der Waals surface area contributed by atoms with Crippen LogP contribution >= 0.6 is 23.1 Å². The van der Waals surface area contributed by atoms with Crippen LogP contribution in [0.15, 0.2) is 35.5 Å². The number of carbonyl (C=O) groups is 2. The summed E-state index contributed by atoms with van der Waals surface area (Å²) < 4.78 is 2.08. The molecule has 10 heteroatoms. The first-order valence-corrected chi connectivity index (χ1v) is 14.7. The van der Waals surface area contributed by atoms with Gasteiger partial charge in [-0.2, -0.15) is 0 Å². The van der Waals surface area contributed by atoms with Gasteiger partial charge in [0.2, 0.25) is 11.9 Å². The van der Waals surface area contributed by atoms with Gasteiger partial charge < -0.3 is 16.0 Å². The van der Waals surface area contributed by atoms with E-state index >= 15 is 0 Å². The molecule has 3 aromatic rings. The molecule has 2 heterocycles. The van der Waals surface area contributed by atoms with Crippen molar-refractivity contribution in [1.82, 2.24) is 20.1 Å². The SMILES string of the molecule is CSc1cccc(Nc2nncn2[C@H]2CCc3sc(NC(=O)C4CC4)c(C(=O)NCC4CC4)c3C2)c1. The predicted molar refractivity (Wildman–Crippen MR) is 143 cm³/mol. The van der Waals surface area contributed by atoms with Crippen molar-refractivity contribution in [3.8, 4) is 0 Å². The Bertz CT molecular complexity index is 1290. The van der Waals surface area contributed by atoms with Gasteiger partial charge in [-0.05, 0) is 80.9 Å². The molecule has 3 aliphatic rings. The van der Waals surface area contributed by atoms with Crippen molar-refractivity contribution in [3.63, 3.8) is 0 Å². The molecule has 1 atom stereocenters. The van der Waals surface area contributed by atoms with Crippen molar-refractivity contribution >= 4 is 51.5 Å². The highest BCUT2D eigenvalue weighted by molar-refractivity contribution is 7.98. The van der Waals surface area contributed by atoms with Gasteiger partial charge in [0, 0.05) is 34.0 Å². The smallest absolute Gasteiger partial charge is 0.254 e. The summed E-state index contributed by atoms with van der Waals surface area (Å²) in [5.41, 5.74) is 2.68. The number of fused-ring (bicyclic) bond motifs is 1. The van der Waals surface area contributed by atoms with Crippen LogP contribution in [-0.2, 0) is 17.6 Å². The molecule has 2 amide bonds. The van der Waals surface area contributed by atoms with Gasteiger partial charge in [0.1, 0.15) is 11.3 Å². The summed E-state index contributed by atoms with van der Waals surface area (Å²) in [5, 5.41) is 18.9. The van der Waals surface area contributed by atoms with Crippen LogP contribution in [-0.4, -0.2) is 39.4 Å². The first-order valence-electron chi connectivity index (χ1n) is 12.6. The standard InChI is InChI=1S/C26H30N6O2S2/c1-35-19-4-2-3-17(11-19)29-26-31-28-14-32(26)18-9-10-21-20(12-18)22(24(34)27-13-15-5-6-15)25(36-21)30-23(33)16-7-8-16/h2-4,11,14-16,18H,5-10,12-13H2,1H3,(H,27,34)(H,29,31)(H,30,33)/t18-/m0/s1. The number of benzene rings is 1. The zero-order valence-electron chi connectivity index (χ0n) is 20.3. The average Bonchev–Trinajstić information content (AvgIpc) is 3.82. The lowest BCUT2D eigenvalue weighted by Crippen LogP contribution is -2.28. The number of aromatic nitrogens is 3. The van der Waals surface area contributed by atoms with E-state index in [1.54, 1.807) is 29.4 Å². The maximum atomic E-state index is 13.4. The Morgan fingerprint density at radius 2 is 2.06 bits per heavy atom. The van der Waals surface area contributed by atoms with Crippen molar-refractivity contribution in [2.24, 2.45) is 11.8 Å². The molecule has 0 spiro atoms. The van der Waals surface area contributed by atoms with Gasteiger partial charge in [-0.1, -0.05) is 6.07 Å². The van der Waals surface area contributed by atoms with Crippen molar-refractivity contribution in [2.45, 2.75) is 55.9 Å². The number of carbonyl (C=O) groups excluding carboxylic acids is 2. The molecule has 0 unspecified atom stereocenters. The van der Waals surface area contributed by atoms with Crippen LogP contribution in [0.1, 0.15) is 58.9 Å². The summed E-state index contributed by atoms with van der Waals surface area (Å²) >= 11 is 3.27. The van der Waals surface area contributed by atoms with E-state index in [4.69, 9.17) is 0 Å². The van der Waals surface area contributed by atoms with Crippen LogP contribution < -0.4 is 16.0 Å². The van der Waals surface area contributed by atoms with Crippen LogP contribution in [0.5, 0.6) is 0 Å². The normalized spacial score (nSPS) is 19.0. The fourth-order valence-electron chi connectivity index (χ4n) is 4.77. The van der Waals surface area contributed by atoms with Crippen LogP contribution in [0, 0.1) is 11.8 Å². The number of thioether (sulfide) groups is 1. The van der Waals surface area contributed by atoms with Crippen LogP contribution in [0.3, 0.4) is 0 Å². The van der Waals surface area contributed by atoms with E-state index in [0.717, 1.165) is 36.9 Å². The van der Waals surface area contributed by atoms with Gasteiger partial charge in [-0.15, -0.1) is 33.3 Å². The molecule has 2 saturated carbocycles. The Labute approximate surface area is 218 Å². The number of rotatable bonds is 9. The number of nitrogens with zero attached hydrogens (tertiary/aromatic N) is 3. The second-order valence-corrected chi connectivity index (χ2v) is 11.9. The third kappa shape index (κ3) is 5.01. The number of thiophene rings is 1. The number of hydrogen-bond acceptors (Lipinski definition) is 7. The molecule has 36 heavy (non-hydrogen) atoms. The minimum Gasteiger partial charge on any atom is -0.352 e. The lowest BCUT2D eigenvalue weighted by molar-refractivity contribution is -0.117. The zero-order chi connectivity index (χ0) is 24.6. The summed E-state index contributed by atoms with van der Waals surface area (Å²) in [6, 6.07) is 8.34. The molecule has 3 N–H and O–H groups in total. The predicted octanol–water partition coefficient (Wildman–Crippen LogP) is 5.02. The summed E-state index contributed by atoms with van der Waals surface area (Å²) in [6.07, 6.45) is 10.5. The quantitative estimate of drug-likeness (QED) is 0.341. The maximum absolute atomic E-state index is 13.4. The Morgan fingerprint density at radius 1 is 1.19 bits per heavy atom. The first-order chi connectivity index (χ1) is 17.6. The highest BCUT2D eigenvalue weighted by Gasteiger charge is 2.35. The van der Waals surface area contributed by atoms with E-state index in [1.807, 2.05) is 12.1 Å². The maximum Gasteiger partial charge on any atom is 0.254 e. The molecule has 2 aromatic heterocycles. The van der Waals surface area contributed by atoms with Crippen molar-refractivity contribution < 1.29 is 9.59 Å². The minimum absolute atomic E-state index is 0.0409. The largest absolute Gasteiger partial charge is 0.352 e. The summed E-state index contributed by atoms with van der Waals surface area (Å²) in [4.78, 5) is 28.3. The fourth-order valence-corrected chi connectivity index (χ4v) is 6.47. The summed E-state index contributed by atoms with van der Waals surface area (Å²) in [6.45, 7) is 0.706. The second kappa shape index (κ2) is 9.89. The topological polar surface area (TPSA) is 101 Å². The number of amides is 2. The first kappa shape index (κ1) is 23.5. The number of anilines is 3. The molecular formula is C26H30N6O2S2. The van der Waals surface area contributed by atoms with Gasteiger partial charge in [0.15, 0.2) is 0 Å².